The second kappa shape index (κ2) is 8.85. The monoisotopic (exact) mass is 420 g/mol. The predicted molar refractivity (Wildman–Crippen MR) is 120 cm³/mol. The number of aryl methyl sites for hydroxylation is 1. The Balaban J connectivity index is 1.84. The summed E-state index contributed by atoms with van der Waals surface area (Å²) in [7, 11) is 0. The molecule has 30 heavy (non-hydrogen) atoms. The summed E-state index contributed by atoms with van der Waals surface area (Å²) >= 11 is 1.41. The molecule has 6 nitrogen and oxygen atoms in total. The number of nitrogens with zero attached hydrogens (tertiary/aromatic N) is 4. The molecule has 0 amide bonds. The Morgan fingerprint density at radius 3 is 2.67 bits per heavy atom. The topological polar surface area (TPSA) is 71.4 Å². The van der Waals surface area contributed by atoms with Crippen LogP contribution in [0.2, 0.25) is 0 Å². The minimum absolute atomic E-state index is 0.408. The zero-order chi connectivity index (χ0) is 21.1. The van der Waals surface area contributed by atoms with Gasteiger partial charge in [0.1, 0.15) is 6.23 Å². The fraction of sp³-hybridized carbons (Fsp3) is 0.261. The Hall–Kier alpha value is -2.90. The molecule has 1 aromatic heterocycles. The number of aliphatic hydroxyl groups excluding tert-OH is 1. The number of aliphatic hydroxyl groups is 1. The van der Waals surface area contributed by atoms with Gasteiger partial charge in [-0.3, -0.25) is 0 Å². The Morgan fingerprint density at radius 1 is 1.20 bits per heavy atom. The molecular formula is C23H24N4O2S. The molecule has 4 rings (SSSR count). The van der Waals surface area contributed by atoms with Crippen molar-refractivity contribution in [1.82, 2.24) is 15.2 Å². The zero-order valence-electron chi connectivity index (χ0n) is 17.0. The summed E-state index contributed by atoms with van der Waals surface area (Å²) in [5, 5.41) is 19.8. The lowest BCUT2D eigenvalue weighted by Gasteiger charge is -2.34. The highest BCUT2D eigenvalue weighted by Gasteiger charge is 2.34. The molecule has 0 saturated heterocycles. The molecule has 0 aliphatic carbocycles. The molecular weight excluding hydrogens is 396 g/mol. The third-order valence-electron chi connectivity index (χ3n) is 5.04. The van der Waals surface area contributed by atoms with Crippen molar-refractivity contribution in [2.75, 3.05) is 11.2 Å². The fourth-order valence-corrected chi connectivity index (χ4v) is 3.86. The van der Waals surface area contributed by atoms with E-state index in [4.69, 9.17) is 4.74 Å². The highest BCUT2D eigenvalue weighted by Crippen LogP contribution is 2.43. The number of aromatic nitrogens is 3. The lowest BCUT2D eigenvalue weighted by molar-refractivity contribution is 0.107. The van der Waals surface area contributed by atoms with E-state index in [0.717, 1.165) is 29.7 Å². The van der Waals surface area contributed by atoms with Crippen LogP contribution in [0.25, 0.3) is 11.3 Å². The minimum Gasteiger partial charge on any atom is -0.447 e. The van der Waals surface area contributed by atoms with Crippen LogP contribution in [0.5, 0.6) is 5.88 Å². The number of ether oxygens (including phenoxy) is 1. The first-order valence-corrected chi connectivity index (χ1v) is 11.1. The number of hydrogen-bond acceptors (Lipinski definition) is 7. The van der Waals surface area contributed by atoms with Crippen LogP contribution in [0, 0.1) is 0 Å². The maximum atomic E-state index is 10.7. The summed E-state index contributed by atoms with van der Waals surface area (Å²) in [6, 6.07) is 16.0. The fourth-order valence-electron chi connectivity index (χ4n) is 3.57. The van der Waals surface area contributed by atoms with Crippen LogP contribution in [-0.4, -0.2) is 32.8 Å². The molecule has 1 aliphatic heterocycles. The molecule has 0 spiro atoms. The first-order valence-electron chi connectivity index (χ1n) is 9.83. The quantitative estimate of drug-likeness (QED) is 0.461. The van der Waals surface area contributed by atoms with Gasteiger partial charge < -0.3 is 14.7 Å². The number of allylic oxidation sites excluding steroid dienone is 1. The SMILES string of the molecule is C=CCCc1ccc(C2Oc3nc(SC)nnc3-c3ccccc3N2C(C)O)cc1. The van der Waals surface area contributed by atoms with Crippen LogP contribution in [0.4, 0.5) is 5.69 Å². The number of hydrogen-bond donors (Lipinski definition) is 1. The van der Waals surface area contributed by atoms with E-state index in [1.54, 1.807) is 6.92 Å². The third-order valence-corrected chi connectivity index (χ3v) is 5.57. The Labute approximate surface area is 180 Å². The van der Waals surface area contributed by atoms with E-state index in [-0.39, 0.29) is 0 Å². The van der Waals surface area contributed by atoms with Crippen LogP contribution in [0.3, 0.4) is 0 Å². The van der Waals surface area contributed by atoms with Crippen molar-refractivity contribution in [2.24, 2.45) is 0 Å². The van der Waals surface area contributed by atoms with Gasteiger partial charge in [-0.05, 0) is 37.7 Å². The van der Waals surface area contributed by atoms with E-state index in [1.165, 1.54) is 17.3 Å². The first kappa shape index (κ1) is 20.4. The first-order chi connectivity index (χ1) is 14.6. The summed E-state index contributed by atoms with van der Waals surface area (Å²) in [4.78, 5) is 6.41. The number of fused-ring (bicyclic) bond motifs is 3. The number of rotatable bonds is 6. The van der Waals surface area contributed by atoms with Crippen molar-refractivity contribution >= 4 is 17.4 Å². The van der Waals surface area contributed by atoms with Crippen molar-refractivity contribution in [3.63, 3.8) is 0 Å². The second-order valence-electron chi connectivity index (χ2n) is 7.05. The molecule has 2 heterocycles. The van der Waals surface area contributed by atoms with E-state index in [2.05, 4.69) is 33.9 Å². The normalized spacial score (nSPS) is 16.1. The molecule has 3 aromatic rings. The van der Waals surface area contributed by atoms with Gasteiger partial charge in [0.05, 0.1) is 5.69 Å². The largest absolute Gasteiger partial charge is 0.447 e. The van der Waals surface area contributed by atoms with Crippen LogP contribution >= 0.6 is 11.8 Å². The van der Waals surface area contributed by atoms with Crippen LogP contribution in [0.15, 0.2) is 66.3 Å². The Bertz CT molecular complexity index is 1040. The lowest BCUT2D eigenvalue weighted by Crippen LogP contribution is -2.39. The van der Waals surface area contributed by atoms with Gasteiger partial charge in [0.2, 0.25) is 17.3 Å². The van der Waals surface area contributed by atoms with E-state index < -0.39 is 12.5 Å². The molecule has 2 unspecified atom stereocenters. The number of thioether (sulfide) groups is 1. The van der Waals surface area contributed by atoms with E-state index in [1.807, 2.05) is 53.6 Å². The molecule has 154 valence electrons. The highest BCUT2D eigenvalue weighted by atomic mass is 32.2. The van der Waals surface area contributed by atoms with E-state index >= 15 is 0 Å². The molecule has 1 aliphatic rings. The molecule has 2 atom stereocenters. The van der Waals surface area contributed by atoms with Gasteiger partial charge in [-0.2, -0.15) is 4.98 Å². The maximum absolute atomic E-state index is 10.7. The lowest BCUT2D eigenvalue weighted by atomic mass is 10.0. The van der Waals surface area contributed by atoms with Crippen molar-refractivity contribution in [3.8, 4) is 17.1 Å². The summed E-state index contributed by atoms with van der Waals surface area (Å²) in [6.07, 6.45) is 4.33. The van der Waals surface area contributed by atoms with Gasteiger partial charge in [-0.1, -0.05) is 60.3 Å². The summed E-state index contributed by atoms with van der Waals surface area (Å²) in [6.45, 7) is 5.52. The predicted octanol–water partition coefficient (Wildman–Crippen LogP) is 4.62. The van der Waals surface area contributed by atoms with Gasteiger partial charge in [0, 0.05) is 11.1 Å². The highest BCUT2D eigenvalue weighted by molar-refractivity contribution is 7.98. The average Bonchev–Trinajstić information content (AvgIpc) is 2.92. The van der Waals surface area contributed by atoms with E-state index in [0.29, 0.717) is 16.7 Å². The van der Waals surface area contributed by atoms with Crippen molar-refractivity contribution in [2.45, 2.75) is 37.4 Å². The maximum Gasteiger partial charge on any atom is 0.247 e. The Morgan fingerprint density at radius 2 is 1.97 bits per heavy atom. The number of anilines is 1. The molecule has 0 fully saturated rings. The molecule has 0 saturated carbocycles. The van der Waals surface area contributed by atoms with Gasteiger partial charge in [-0.25, -0.2) is 0 Å². The van der Waals surface area contributed by atoms with Gasteiger partial charge >= 0.3 is 0 Å². The van der Waals surface area contributed by atoms with Crippen LogP contribution in [-0.2, 0) is 6.42 Å². The van der Waals surface area contributed by atoms with Gasteiger partial charge in [0.15, 0.2) is 5.69 Å². The summed E-state index contributed by atoms with van der Waals surface area (Å²) < 4.78 is 6.39. The summed E-state index contributed by atoms with van der Waals surface area (Å²) in [5.74, 6) is 0.408. The van der Waals surface area contributed by atoms with Crippen molar-refractivity contribution in [1.29, 1.82) is 0 Å². The van der Waals surface area contributed by atoms with Crippen LogP contribution < -0.4 is 9.64 Å². The van der Waals surface area contributed by atoms with Gasteiger partial charge in [-0.15, -0.1) is 16.8 Å². The second-order valence-corrected chi connectivity index (χ2v) is 7.82. The zero-order valence-corrected chi connectivity index (χ0v) is 17.8. The molecule has 7 heteroatoms. The summed E-state index contributed by atoms with van der Waals surface area (Å²) in [5.41, 5.74) is 4.36. The number of para-hydroxylation sites is 1. The molecule has 1 N–H and O–H groups in total. The van der Waals surface area contributed by atoms with Crippen molar-refractivity contribution < 1.29 is 9.84 Å². The average molecular weight is 421 g/mol. The third kappa shape index (κ3) is 3.91. The van der Waals surface area contributed by atoms with Crippen molar-refractivity contribution in [3.05, 3.63) is 72.3 Å². The Kier molecular flexibility index (Phi) is 6.01. The van der Waals surface area contributed by atoms with Gasteiger partial charge in [0.25, 0.3) is 0 Å². The van der Waals surface area contributed by atoms with Crippen LogP contribution in [0.1, 0.15) is 30.7 Å². The number of benzene rings is 2. The van der Waals surface area contributed by atoms with E-state index in [9.17, 15) is 5.11 Å². The smallest absolute Gasteiger partial charge is 0.247 e. The molecule has 0 bridgehead atoms. The standard InChI is InChI=1S/C23H24N4O2S/c1-4-5-8-16-11-13-17(14-12-16)22-27(15(2)28)19-10-7-6-9-18(19)20-21(29-22)24-23(30-3)26-25-20/h4,6-7,9-15,22,28H,1,5,8H2,2-3H3. The molecule has 2 aromatic carbocycles. The minimum atomic E-state index is -0.793. The molecule has 0 radical (unpaired) electrons.